The van der Waals surface area contributed by atoms with E-state index in [1.54, 1.807) is 0 Å². The molecule has 3 heteroatoms. The van der Waals surface area contributed by atoms with Crippen LogP contribution in [-0.4, -0.2) is 16.1 Å². The zero-order valence-electron chi connectivity index (χ0n) is 14.2. The molecule has 0 bridgehead atoms. The van der Waals surface area contributed by atoms with Crippen molar-refractivity contribution in [2.75, 3.05) is 6.54 Å². The molecule has 0 radical (unpaired) electrons. The highest BCUT2D eigenvalue weighted by Gasteiger charge is 2.32. The maximum absolute atomic E-state index is 5.01. The van der Waals surface area contributed by atoms with Crippen LogP contribution in [0, 0.1) is 11.3 Å². The molecule has 0 saturated heterocycles. The van der Waals surface area contributed by atoms with Gasteiger partial charge in [-0.05, 0) is 30.6 Å². The smallest absolute Gasteiger partial charge is 0.109 e. The molecule has 21 heavy (non-hydrogen) atoms. The minimum Gasteiger partial charge on any atom is -0.329 e. The normalized spacial score (nSPS) is 25.1. The first kappa shape index (κ1) is 15.1. The standard InChI is InChI=1S/C18H31N3/c1-13(2)10-17-20-15-12-19-9-7-16(15)21(17)14-6-5-8-18(3,4)11-14/h13-14,19H,5-12H2,1-4H3. The minimum absolute atomic E-state index is 0.488. The van der Waals surface area contributed by atoms with Crippen LogP contribution in [0.1, 0.15) is 76.6 Å². The molecule has 1 saturated carbocycles. The van der Waals surface area contributed by atoms with Gasteiger partial charge in [0.1, 0.15) is 5.82 Å². The van der Waals surface area contributed by atoms with Crippen LogP contribution >= 0.6 is 0 Å². The molecule has 1 aliphatic heterocycles. The van der Waals surface area contributed by atoms with Gasteiger partial charge in [-0.25, -0.2) is 4.98 Å². The molecule has 0 amide bonds. The summed E-state index contributed by atoms with van der Waals surface area (Å²) in [6, 6.07) is 0.678. The van der Waals surface area contributed by atoms with Crippen molar-refractivity contribution in [2.24, 2.45) is 11.3 Å². The highest BCUT2D eigenvalue weighted by molar-refractivity contribution is 5.22. The molecular weight excluding hydrogens is 258 g/mol. The average Bonchev–Trinajstić information content (AvgIpc) is 2.74. The first-order valence-corrected chi connectivity index (χ1v) is 8.76. The number of imidazole rings is 1. The zero-order chi connectivity index (χ0) is 15.0. The number of aromatic nitrogens is 2. The number of nitrogens with zero attached hydrogens (tertiary/aromatic N) is 2. The van der Waals surface area contributed by atoms with Gasteiger partial charge in [0.05, 0.1) is 5.69 Å². The highest BCUT2D eigenvalue weighted by atomic mass is 15.1. The predicted octanol–water partition coefficient (Wildman–Crippen LogP) is 3.87. The van der Waals surface area contributed by atoms with Crippen molar-refractivity contribution in [2.45, 2.75) is 78.8 Å². The maximum atomic E-state index is 5.01. The molecule has 0 aromatic carbocycles. The number of nitrogens with one attached hydrogen (secondary N) is 1. The summed E-state index contributed by atoms with van der Waals surface area (Å²) in [5.41, 5.74) is 3.34. The van der Waals surface area contributed by atoms with Crippen molar-refractivity contribution in [1.29, 1.82) is 0 Å². The Hall–Kier alpha value is -0.830. The minimum atomic E-state index is 0.488. The lowest BCUT2D eigenvalue weighted by molar-refractivity contribution is 0.178. The molecule has 3 rings (SSSR count). The molecular formula is C18H31N3. The lowest BCUT2D eigenvalue weighted by Gasteiger charge is -2.37. The van der Waals surface area contributed by atoms with Gasteiger partial charge in [0.25, 0.3) is 0 Å². The van der Waals surface area contributed by atoms with Crippen LogP contribution < -0.4 is 5.32 Å². The van der Waals surface area contributed by atoms with E-state index in [9.17, 15) is 0 Å². The summed E-state index contributed by atoms with van der Waals surface area (Å²) in [6.07, 6.45) is 7.66. The molecule has 1 aromatic heterocycles. The van der Waals surface area contributed by atoms with Crippen molar-refractivity contribution >= 4 is 0 Å². The Morgan fingerprint density at radius 1 is 1.38 bits per heavy atom. The van der Waals surface area contributed by atoms with Gasteiger partial charge in [-0.3, -0.25) is 0 Å². The van der Waals surface area contributed by atoms with Crippen molar-refractivity contribution in [3.8, 4) is 0 Å². The van der Waals surface area contributed by atoms with Gasteiger partial charge in [-0.15, -0.1) is 0 Å². The summed E-state index contributed by atoms with van der Waals surface area (Å²) in [5, 5.41) is 3.48. The SMILES string of the molecule is CC(C)Cc1nc2c(n1C1CCCC(C)(C)C1)CCNC2. The molecule has 3 nitrogen and oxygen atoms in total. The molecule has 1 atom stereocenters. The highest BCUT2D eigenvalue weighted by Crippen LogP contribution is 2.42. The Morgan fingerprint density at radius 3 is 2.90 bits per heavy atom. The van der Waals surface area contributed by atoms with E-state index in [2.05, 4.69) is 37.6 Å². The molecule has 118 valence electrons. The van der Waals surface area contributed by atoms with Gasteiger partial charge in [0.2, 0.25) is 0 Å². The Kier molecular flexibility index (Phi) is 4.13. The van der Waals surface area contributed by atoms with Crippen molar-refractivity contribution in [3.05, 3.63) is 17.2 Å². The summed E-state index contributed by atoms with van der Waals surface area (Å²) in [4.78, 5) is 5.01. The summed E-state index contributed by atoms with van der Waals surface area (Å²) in [6.45, 7) is 11.6. The van der Waals surface area contributed by atoms with E-state index < -0.39 is 0 Å². The zero-order valence-corrected chi connectivity index (χ0v) is 14.2. The molecule has 1 aromatic rings. The van der Waals surface area contributed by atoms with Crippen LogP contribution in [0.5, 0.6) is 0 Å². The fraction of sp³-hybridized carbons (Fsp3) is 0.833. The average molecular weight is 289 g/mol. The predicted molar refractivity (Wildman–Crippen MR) is 87.5 cm³/mol. The van der Waals surface area contributed by atoms with Gasteiger partial charge < -0.3 is 9.88 Å². The van der Waals surface area contributed by atoms with Crippen molar-refractivity contribution < 1.29 is 0 Å². The van der Waals surface area contributed by atoms with E-state index in [1.165, 1.54) is 42.9 Å². The third-order valence-corrected chi connectivity index (χ3v) is 5.13. The van der Waals surface area contributed by atoms with Gasteiger partial charge >= 0.3 is 0 Å². The molecule has 1 unspecified atom stereocenters. The molecule has 2 heterocycles. The second-order valence-corrected chi connectivity index (χ2v) is 8.23. The van der Waals surface area contributed by atoms with Crippen LogP contribution in [0.3, 0.4) is 0 Å². The molecule has 0 spiro atoms. The van der Waals surface area contributed by atoms with Crippen molar-refractivity contribution in [3.63, 3.8) is 0 Å². The number of rotatable bonds is 3. The molecule has 1 fully saturated rings. The third-order valence-electron chi connectivity index (χ3n) is 5.13. The molecule has 1 aliphatic carbocycles. The third kappa shape index (κ3) is 3.18. The second kappa shape index (κ2) is 5.75. The van der Waals surface area contributed by atoms with Crippen LogP contribution in [-0.2, 0) is 19.4 Å². The first-order chi connectivity index (χ1) is 9.96. The van der Waals surface area contributed by atoms with Gasteiger partial charge in [0, 0.05) is 37.7 Å². The quantitative estimate of drug-likeness (QED) is 0.915. The van der Waals surface area contributed by atoms with E-state index in [-0.39, 0.29) is 0 Å². The van der Waals surface area contributed by atoms with Crippen LogP contribution in [0.25, 0.3) is 0 Å². The number of hydrogen-bond acceptors (Lipinski definition) is 2. The Morgan fingerprint density at radius 2 is 2.19 bits per heavy atom. The summed E-state index contributed by atoms with van der Waals surface area (Å²) in [5.74, 6) is 2.03. The summed E-state index contributed by atoms with van der Waals surface area (Å²) >= 11 is 0. The lowest BCUT2D eigenvalue weighted by Crippen LogP contribution is -2.30. The van der Waals surface area contributed by atoms with E-state index in [0.717, 1.165) is 25.9 Å². The largest absolute Gasteiger partial charge is 0.329 e. The van der Waals surface area contributed by atoms with Crippen LogP contribution in [0.4, 0.5) is 0 Å². The maximum Gasteiger partial charge on any atom is 0.109 e. The fourth-order valence-electron chi connectivity index (χ4n) is 4.21. The van der Waals surface area contributed by atoms with Crippen LogP contribution in [0.15, 0.2) is 0 Å². The van der Waals surface area contributed by atoms with E-state index in [4.69, 9.17) is 4.98 Å². The van der Waals surface area contributed by atoms with E-state index in [0.29, 0.717) is 17.4 Å². The topological polar surface area (TPSA) is 29.9 Å². The Bertz CT molecular complexity index is 499. The van der Waals surface area contributed by atoms with E-state index >= 15 is 0 Å². The van der Waals surface area contributed by atoms with Gasteiger partial charge in [0.15, 0.2) is 0 Å². The Labute approximate surface area is 129 Å². The molecule has 1 N–H and O–H groups in total. The van der Waals surface area contributed by atoms with Crippen LogP contribution in [0.2, 0.25) is 0 Å². The lowest BCUT2D eigenvalue weighted by atomic mass is 9.75. The first-order valence-electron chi connectivity index (χ1n) is 8.76. The summed E-state index contributed by atoms with van der Waals surface area (Å²) in [7, 11) is 0. The van der Waals surface area contributed by atoms with Gasteiger partial charge in [-0.2, -0.15) is 0 Å². The number of fused-ring (bicyclic) bond motifs is 1. The van der Waals surface area contributed by atoms with E-state index in [1.807, 2.05) is 0 Å². The monoisotopic (exact) mass is 289 g/mol. The van der Waals surface area contributed by atoms with Gasteiger partial charge in [-0.1, -0.05) is 34.1 Å². The van der Waals surface area contributed by atoms with Crippen molar-refractivity contribution in [1.82, 2.24) is 14.9 Å². The molecule has 2 aliphatic rings. The summed E-state index contributed by atoms with van der Waals surface area (Å²) < 4.78 is 2.66. The second-order valence-electron chi connectivity index (χ2n) is 8.23. The number of hydrogen-bond donors (Lipinski definition) is 1. The Balaban J connectivity index is 1.96. The fourth-order valence-corrected chi connectivity index (χ4v) is 4.21.